The molecular weight excluding hydrogens is 406 g/mol. The van der Waals surface area contributed by atoms with Crippen molar-refractivity contribution in [2.24, 2.45) is 5.92 Å². The van der Waals surface area contributed by atoms with Gasteiger partial charge in [-0.05, 0) is 64.8 Å². The van der Waals surface area contributed by atoms with Gasteiger partial charge in [-0.1, -0.05) is 0 Å². The van der Waals surface area contributed by atoms with Crippen LogP contribution in [0.3, 0.4) is 0 Å². The number of benzene rings is 1. The number of likely N-dealkylation sites (tertiary alicyclic amines) is 1. The van der Waals surface area contributed by atoms with E-state index in [4.69, 9.17) is 9.47 Å². The number of hydrogen-bond acceptors (Lipinski definition) is 6. The molecule has 170 valence electrons. The Morgan fingerprint density at radius 1 is 1.10 bits per heavy atom. The third-order valence-electron chi connectivity index (χ3n) is 5.40. The third-order valence-corrected chi connectivity index (χ3v) is 7.59. The molecule has 1 aliphatic heterocycles. The molecule has 0 atom stereocenters. The van der Waals surface area contributed by atoms with Crippen molar-refractivity contribution in [3.63, 3.8) is 0 Å². The summed E-state index contributed by atoms with van der Waals surface area (Å²) in [5.41, 5.74) is 0.509. The molecule has 1 saturated heterocycles. The molecule has 30 heavy (non-hydrogen) atoms. The van der Waals surface area contributed by atoms with Gasteiger partial charge in [0.15, 0.2) is 0 Å². The largest absolute Gasteiger partial charge is 0.497 e. The van der Waals surface area contributed by atoms with Crippen molar-refractivity contribution >= 4 is 15.9 Å². The summed E-state index contributed by atoms with van der Waals surface area (Å²) in [6.45, 7) is 8.58. The molecule has 0 unspecified atom stereocenters. The Morgan fingerprint density at radius 3 is 2.17 bits per heavy atom. The van der Waals surface area contributed by atoms with E-state index in [9.17, 15) is 13.2 Å². The first-order chi connectivity index (χ1) is 14.1. The van der Waals surface area contributed by atoms with Crippen LogP contribution in [0.5, 0.6) is 11.5 Å². The smallest absolute Gasteiger partial charge is 0.251 e. The molecule has 1 aromatic rings. The number of sulfonamides is 1. The third kappa shape index (κ3) is 6.85. The van der Waals surface area contributed by atoms with Crippen LogP contribution in [0.25, 0.3) is 0 Å². The van der Waals surface area contributed by atoms with Crippen molar-refractivity contribution in [2.75, 3.05) is 46.9 Å². The minimum Gasteiger partial charge on any atom is -0.497 e. The highest BCUT2D eigenvalue weighted by atomic mass is 32.2. The highest BCUT2D eigenvalue weighted by molar-refractivity contribution is 7.90. The van der Waals surface area contributed by atoms with E-state index in [-0.39, 0.29) is 5.91 Å². The number of ether oxygens (including phenoxy) is 2. The van der Waals surface area contributed by atoms with E-state index >= 15 is 0 Å². The average molecular weight is 442 g/mol. The Bertz CT molecular complexity index is 790. The second-order valence-corrected chi connectivity index (χ2v) is 11.1. The number of methoxy groups -OCH3 is 2. The monoisotopic (exact) mass is 441 g/mol. The predicted octanol–water partition coefficient (Wildman–Crippen LogP) is 1.86. The molecule has 0 bridgehead atoms. The molecule has 0 spiro atoms. The maximum atomic E-state index is 12.5. The van der Waals surface area contributed by atoms with Crippen LogP contribution < -0.4 is 19.5 Å². The van der Waals surface area contributed by atoms with Gasteiger partial charge in [-0.3, -0.25) is 4.79 Å². The molecule has 2 N–H and O–H groups in total. The second kappa shape index (κ2) is 10.5. The van der Waals surface area contributed by atoms with Gasteiger partial charge in [-0.15, -0.1) is 0 Å². The Morgan fingerprint density at radius 2 is 1.67 bits per heavy atom. The quantitative estimate of drug-likeness (QED) is 0.607. The van der Waals surface area contributed by atoms with Gasteiger partial charge in [0.1, 0.15) is 11.5 Å². The van der Waals surface area contributed by atoms with Crippen LogP contribution in [0.1, 0.15) is 44.0 Å². The van der Waals surface area contributed by atoms with Crippen molar-refractivity contribution < 1.29 is 22.7 Å². The molecule has 1 aromatic carbocycles. The summed E-state index contributed by atoms with van der Waals surface area (Å²) in [5.74, 6) is 1.42. The van der Waals surface area contributed by atoms with E-state index < -0.39 is 14.8 Å². The van der Waals surface area contributed by atoms with E-state index in [0.29, 0.717) is 42.6 Å². The van der Waals surface area contributed by atoms with Crippen LogP contribution in [0.4, 0.5) is 0 Å². The number of rotatable bonds is 9. The van der Waals surface area contributed by atoms with Gasteiger partial charge < -0.3 is 19.7 Å². The number of piperidine rings is 1. The fourth-order valence-electron chi connectivity index (χ4n) is 3.25. The van der Waals surface area contributed by atoms with Crippen LogP contribution >= 0.6 is 0 Å². The summed E-state index contributed by atoms with van der Waals surface area (Å²) < 4.78 is 36.5. The van der Waals surface area contributed by atoms with Crippen molar-refractivity contribution in [1.29, 1.82) is 0 Å². The Labute approximate surface area is 180 Å². The zero-order valence-corrected chi connectivity index (χ0v) is 19.5. The van der Waals surface area contributed by atoms with E-state index in [1.165, 1.54) is 0 Å². The molecule has 0 aromatic heterocycles. The lowest BCUT2D eigenvalue weighted by atomic mass is 9.96. The molecular formula is C21H35N3O5S. The van der Waals surface area contributed by atoms with Gasteiger partial charge in [0, 0.05) is 31.3 Å². The molecule has 1 heterocycles. The van der Waals surface area contributed by atoms with Gasteiger partial charge in [-0.25, -0.2) is 13.1 Å². The summed E-state index contributed by atoms with van der Waals surface area (Å²) in [4.78, 5) is 14.8. The average Bonchev–Trinajstić information content (AvgIpc) is 2.71. The summed E-state index contributed by atoms with van der Waals surface area (Å²) in [6, 6.07) is 5.12. The van der Waals surface area contributed by atoms with Gasteiger partial charge in [-0.2, -0.15) is 0 Å². The second-order valence-electron chi connectivity index (χ2n) is 8.61. The fraction of sp³-hybridized carbons (Fsp3) is 0.667. The molecule has 1 amide bonds. The molecule has 9 heteroatoms. The first-order valence-electron chi connectivity index (χ1n) is 10.3. The SMILES string of the molecule is COc1cc(OC)cc(C(=O)NCC2CCN(CCNS(=O)(=O)C(C)(C)C)CC2)c1. The molecule has 8 nitrogen and oxygen atoms in total. The summed E-state index contributed by atoms with van der Waals surface area (Å²) in [5, 5.41) is 3.01. The van der Waals surface area contributed by atoms with Gasteiger partial charge >= 0.3 is 0 Å². The van der Waals surface area contributed by atoms with E-state index in [2.05, 4.69) is 14.9 Å². The van der Waals surface area contributed by atoms with Gasteiger partial charge in [0.2, 0.25) is 10.0 Å². The molecule has 1 fully saturated rings. The summed E-state index contributed by atoms with van der Waals surface area (Å²) >= 11 is 0. The van der Waals surface area contributed by atoms with Crippen LogP contribution in [0.15, 0.2) is 18.2 Å². The molecule has 1 aliphatic rings. The van der Waals surface area contributed by atoms with Crippen LogP contribution in [0.2, 0.25) is 0 Å². The zero-order valence-electron chi connectivity index (χ0n) is 18.7. The maximum absolute atomic E-state index is 12.5. The summed E-state index contributed by atoms with van der Waals surface area (Å²) in [7, 11) is -0.198. The number of amides is 1. The summed E-state index contributed by atoms with van der Waals surface area (Å²) in [6.07, 6.45) is 1.93. The molecule has 0 aliphatic carbocycles. The Hall–Kier alpha value is -1.84. The van der Waals surface area contributed by atoms with E-state index in [1.54, 1.807) is 53.2 Å². The highest BCUT2D eigenvalue weighted by Gasteiger charge is 2.28. The van der Waals surface area contributed by atoms with Gasteiger partial charge in [0.05, 0.1) is 19.0 Å². The Kier molecular flexibility index (Phi) is 8.52. The number of nitrogens with zero attached hydrogens (tertiary/aromatic N) is 1. The number of carbonyl (C=O) groups is 1. The minimum absolute atomic E-state index is 0.147. The maximum Gasteiger partial charge on any atom is 0.251 e. The van der Waals surface area contributed by atoms with E-state index in [1.807, 2.05) is 0 Å². The van der Waals surface area contributed by atoms with E-state index in [0.717, 1.165) is 25.9 Å². The zero-order chi connectivity index (χ0) is 22.4. The molecule has 2 rings (SSSR count). The fourth-order valence-corrected chi connectivity index (χ4v) is 4.04. The first kappa shape index (κ1) is 24.4. The topological polar surface area (TPSA) is 97.0 Å². The Balaban J connectivity index is 1.74. The lowest BCUT2D eigenvalue weighted by Gasteiger charge is -2.32. The lowest BCUT2D eigenvalue weighted by molar-refractivity contribution is 0.0936. The van der Waals surface area contributed by atoms with Crippen LogP contribution in [0, 0.1) is 5.92 Å². The van der Waals surface area contributed by atoms with Crippen molar-refractivity contribution in [2.45, 2.75) is 38.4 Å². The van der Waals surface area contributed by atoms with Crippen molar-refractivity contribution in [1.82, 2.24) is 14.9 Å². The van der Waals surface area contributed by atoms with Gasteiger partial charge in [0.25, 0.3) is 5.91 Å². The normalized spacial score (nSPS) is 16.3. The standard InChI is InChI=1S/C21H35N3O5S/c1-21(2,3)30(26,27)23-8-11-24-9-6-16(7-10-24)15-22-20(25)17-12-18(28-4)14-19(13-17)29-5/h12-14,16,23H,6-11,15H2,1-5H3,(H,22,25). The number of carbonyl (C=O) groups excluding carboxylic acids is 1. The predicted molar refractivity (Wildman–Crippen MR) is 118 cm³/mol. The van der Waals surface area contributed by atoms with Crippen LogP contribution in [-0.4, -0.2) is 70.9 Å². The number of hydrogen-bond donors (Lipinski definition) is 2. The molecule has 0 saturated carbocycles. The minimum atomic E-state index is -3.31. The van der Waals surface area contributed by atoms with Crippen LogP contribution in [-0.2, 0) is 10.0 Å². The van der Waals surface area contributed by atoms with Crippen molar-refractivity contribution in [3.05, 3.63) is 23.8 Å². The first-order valence-corrected chi connectivity index (χ1v) is 11.8. The highest BCUT2D eigenvalue weighted by Crippen LogP contribution is 2.23. The molecule has 0 radical (unpaired) electrons. The lowest BCUT2D eigenvalue weighted by Crippen LogP contribution is -2.45. The number of nitrogens with one attached hydrogen (secondary N) is 2. The van der Waals surface area contributed by atoms with Crippen molar-refractivity contribution in [3.8, 4) is 11.5 Å².